The predicted octanol–water partition coefficient (Wildman–Crippen LogP) is 0.940. The summed E-state index contributed by atoms with van der Waals surface area (Å²) in [5.41, 5.74) is 0. The number of hydrogen-bond acceptors (Lipinski definition) is 0. The monoisotopic (exact) mass is 316 g/mol. The molecule has 0 fully saturated rings. The molecule has 0 spiro atoms. The summed E-state index contributed by atoms with van der Waals surface area (Å²) in [7, 11) is 0. The van der Waals surface area contributed by atoms with Gasteiger partial charge in [-0.15, -0.1) is 0 Å². The van der Waals surface area contributed by atoms with Crippen molar-refractivity contribution in [2.24, 2.45) is 0 Å². The number of hydrogen-bond donors (Lipinski definition) is 0. The Bertz CT molecular complexity index is 257. The van der Waals surface area contributed by atoms with Gasteiger partial charge < -0.3 is 17.0 Å². The molecule has 1 heterocycles. The van der Waals surface area contributed by atoms with Gasteiger partial charge in [0.05, 0.1) is 13.1 Å². The van der Waals surface area contributed by atoms with Crippen LogP contribution in [0.2, 0.25) is 0 Å². The van der Waals surface area contributed by atoms with Crippen molar-refractivity contribution in [3.05, 3.63) is 18.7 Å². The van der Waals surface area contributed by atoms with E-state index in [4.69, 9.17) is 0 Å². The Balaban J connectivity index is 0.00000289. The van der Waals surface area contributed by atoms with E-state index in [0.717, 1.165) is 0 Å². The van der Waals surface area contributed by atoms with Crippen LogP contribution in [0.25, 0.3) is 0 Å². The van der Waals surface area contributed by atoms with Crippen molar-refractivity contribution >= 4 is 0 Å². The third-order valence-electron chi connectivity index (χ3n) is 3.29. The molecule has 0 radical (unpaired) electrons. The zero-order valence-electron chi connectivity index (χ0n) is 12.1. The number of imidazole rings is 1. The van der Waals surface area contributed by atoms with Crippen molar-refractivity contribution in [3.8, 4) is 0 Å². The Labute approximate surface area is 123 Å². The Morgan fingerprint density at radius 1 is 0.889 bits per heavy atom. The normalized spacial score (nSPS) is 10.3. The van der Waals surface area contributed by atoms with E-state index in [9.17, 15) is 0 Å². The Hall–Kier alpha value is -0.310. The van der Waals surface area contributed by atoms with Gasteiger partial charge in [0.1, 0.15) is 12.4 Å². The number of halogens is 1. The van der Waals surface area contributed by atoms with E-state index in [1.807, 2.05) is 0 Å². The molecule has 1 aromatic rings. The zero-order valence-corrected chi connectivity index (χ0v) is 13.7. The SMILES string of the molecule is CCCCCCn1cc[n+](CCCCCC)c1.[Br-]. The van der Waals surface area contributed by atoms with Crippen molar-refractivity contribution in [1.29, 1.82) is 0 Å². The minimum absolute atomic E-state index is 0. The lowest BCUT2D eigenvalue weighted by molar-refractivity contribution is -0.696. The van der Waals surface area contributed by atoms with Gasteiger partial charge in [-0.1, -0.05) is 39.5 Å². The highest BCUT2D eigenvalue weighted by atomic mass is 79.9. The number of aromatic nitrogens is 2. The summed E-state index contributed by atoms with van der Waals surface area (Å²) < 4.78 is 4.66. The van der Waals surface area contributed by atoms with Crippen molar-refractivity contribution < 1.29 is 21.5 Å². The molecule has 0 aliphatic heterocycles. The molecule has 1 rings (SSSR count). The first kappa shape index (κ1) is 17.7. The lowest BCUT2D eigenvalue weighted by Gasteiger charge is -1.97. The van der Waals surface area contributed by atoms with Crippen LogP contribution in [0.4, 0.5) is 0 Å². The smallest absolute Gasteiger partial charge is 0.243 e. The number of unbranched alkanes of at least 4 members (excludes halogenated alkanes) is 6. The van der Waals surface area contributed by atoms with Crippen LogP contribution < -0.4 is 21.5 Å². The first-order valence-corrected chi connectivity index (χ1v) is 7.41. The largest absolute Gasteiger partial charge is 1.00 e. The molecule has 0 aliphatic rings. The molecule has 0 bridgehead atoms. The Morgan fingerprint density at radius 3 is 2.22 bits per heavy atom. The molecule has 0 saturated heterocycles. The number of rotatable bonds is 10. The summed E-state index contributed by atoms with van der Waals surface area (Å²) in [5.74, 6) is 0. The van der Waals surface area contributed by atoms with Crippen molar-refractivity contribution in [3.63, 3.8) is 0 Å². The summed E-state index contributed by atoms with van der Waals surface area (Å²) in [5, 5.41) is 0. The Kier molecular flexibility index (Phi) is 11.6. The van der Waals surface area contributed by atoms with E-state index < -0.39 is 0 Å². The van der Waals surface area contributed by atoms with E-state index in [2.05, 4.69) is 41.7 Å². The first-order valence-electron chi connectivity index (χ1n) is 7.41. The molecule has 0 aliphatic carbocycles. The highest BCUT2D eigenvalue weighted by molar-refractivity contribution is 4.66. The standard InChI is InChI=1S/C15H29N2.BrH/c1-3-5-7-9-11-16-13-14-17(15-16)12-10-8-6-4-2;/h13-15H,3-12H2,1-2H3;1H/q+1;/p-1. The maximum atomic E-state index is 2.33. The van der Waals surface area contributed by atoms with Crippen LogP contribution in [-0.4, -0.2) is 4.57 Å². The fraction of sp³-hybridized carbons (Fsp3) is 0.800. The van der Waals surface area contributed by atoms with Gasteiger partial charge in [-0.05, 0) is 25.7 Å². The van der Waals surface area contributed by atoms with Gasteiger partial charge in [-0.25, -0.2) is 9.13 Å². The third-order valence-corrected chi connectivity index (χ3v) is 3.29. The van der Waals surface area contributed by atoms with Crippen LogP contribution in [0.5, 0.6) is 0 Å². The minimum atomic E-state index is 0. The van der Waals surface area contributed by atoms with Crippen LogP contribution in [-0.2, 0) is 13.1 Å². The van der Waals surface area contributed by atoms with E-state index in [-0.39, 0.29) is 17.0 Å². The molecule has 0 N–H and O–H groups in total. The molecule has 0 aromatic carbocycles. The predicted molar refractivity (Wildman–Crippen MR) is 72.9 cm³/mol. The Morgan fingerprint density at radius 2 is 1.56 bits per heavy atom. The third kappa shape index (κ3) is 7.91. The van der Waals surface area contributed by atoms with Crippen LogP contribution >= 0.6 is 0 Å². The second-order valence-corrected chi connectivity index (χ2v) is 5.01. The molecule has 18 heavy (non-hydrogen) atoms. The summed E-state index contributed by atoms with van der Waals surface area (Å²) in [6, 6.07) is 0. The van der Waals surface area contributed by atoms with Crippen molar-refractivity contribution in [2.45, 2.75) is 78.3 Å². The molecule has 0 unspecified atom stereocenters. The number of nitrogens with zero attached hydrogens (tertiary/aromatic N) is 2. The van der Waals surface area contributed by atoms with E-state index in [0.29, 0.717) is 0 Å². The van der Waals surface area contributed by atoms with Gasteiger partial charge in [0, 0.05) is 0 Å². The van der Waals surface area contributed by atoms with Crippen LogP contribution in [0.1, 0.15) is 65.2 Å². The van der Waals surface area contributed by atoms with Crippen LogP contribution in [0.15, 0.2) is 18.7 Å². The molecule has 0 saturated carbocycles. The van der Waals surface area contributed by atoms with Gasteiger partial charge in [0.15, 0.2) is 0 Å². The van der Waals surface area contributed by atoms with Gasteiger partial charge in [-0.3, -0.25) is 0 Å². The highest BCUT2D eigenvalue weighted by Gasteiger charge is 2.02. The summed E-state index contributed by atoms with van der Waals surface area (Å²) in [6.45, 7) is 6.89. The topological polar surface area (TPSA) is 8.81 Å². The summed E-state index contributed by atoms with van der Waals surface area (Å²) >= 11 is 0. The van der Waals surface area contributed by atoms with Crippen molar-refractivity contribution in [2.75, 3.05) is 0 Å². The molecule has 3 heteroatoms. The molecular formula is C15H29BrN2. The number of aryl methyl sites for hydroxylation is 2. The van der Waals surface area contributed by atoms with Gasteiger partial charge in [0.25, 0.3) is 0 Å². The molecule has 0 amide bonds. The zero-order chi connectivity index (χ0) is 12.3. The maximum Gasteiger partial charge on any atom is 0.243 e. The van der Waals surface area contributed by atoms with Crippen LogP contribution in [0, 0.1) is 0 Å². The molecule has 0 atom stereocenters. The lowest BCUT2D eigenvalue weighted by atomic mass is 10.2. The summed E-state index contributed by atoms with van der Waals surface area (Å²) in [6.07, 6.45) is 17.4. The van der Waals surface area contributed by atoms with Crippen LogP contribution in [0.3, 0.4) is 0 Å². The molecule has 1 aromatic heterocycles. The first-order chi connectivity index (χ1) is 8.36. The minimum Gasteiger partial charge on any atom is -1.00 e. The van der Waals surface area contributed by atoms with E-state index in [1.54, 1.807) is 0 Å². The van der Waals surface area contributed by atoms with E-state index >= 15 is 0 Å². The second kappa shape index (κ2) is 11.8. The van der Waals surface area contributed by atoms with Gasteiger partial charge >= 0.3 is 0 Å². The fourth-order valence-electron chi connectivity index (χ4n) is 2.15. The van der Waals surface area contributed by atoms with E-state index in [1.165, 1.54) is 64.5 Å². The maximum absolute atomic E-state index is 2.33. The van der Waals surface area contributed by atoms with Gasteiger partial charge in [-0.2, -0.15) is 0 Å². The average molecular weight is 317 g/mol. The second-order valence-electron chi connectivity index (χ2n) is 5.01. The molecule has 106 valence electrons. The van der Waals surface area contributed by atoms with Gasteiger partial charge in [0.2, 0.25) is 6.33 Å². The van der Waals surface area contributed by atoms with Crippen molar-refractivity contribution in [1.82, 2.24) is 4.57 Å². The molecule has 2 nitrogen and oxygen atoms in total. The quantitative estimate of drug-likeness (QED) is 0.449. The fourth-order valence-corrected chi connectivity index (χ4v) is 2.15. The average Bonchev–Trinajstić information content (AvgIpc) is 2.78. The lowest BCUT2D eigenvalue weighted by Crippen LogP contribution is -3.00. The summed E-state index contributed by atoms with van der Waals surface area (Å²) in [4.78, 5) is 0. The highest BCUT2D eigenvalue weighted by Crippen LogP contribution is 2.01. The molecular weight excluding hydrogens is 288 g/mol.